The van der Waals surface area contributed by atoms with Crippen molar-refractivity contribution < 1.29 is 9.90 Å². The highest BCUT2D eigenvalue weighted by Gasteiger charge is 2.24. The predicted molar refractivity (Wildman–Crippen MR) is 67.1 cm³/mol. The van der Waals surface area contributed by atoms with Crippen LogP contribution in [0.25, 0.3) is 0 Å². The highest BCUT2D eigenvalue weighted by molar-refractivity contribution is 7.13. The fourth-order valence-corrected chi connectivity index (χ4v) is 2.60. The molecule has 0 aromatic carbocycles. The van der Waals surface area contributed by atoms with Crippen molar-refractivity contribution in [1.29, 1.82) is 0 Å². The molecule has 1 heterocycles. The summed E-state index contributed by atoms with van der Waals surface area (Å²) >= 11 is 1.41. The zero-order chi connectivity index (χ0) is 12.4. The van der Waals surface area contributed by atoms with E-state index in [2.05, 4.69) is 17.2 Å². The maximum atomic E-state index is 10.7. The maximum absolute atomic E-state index is 10.7. The SMILES string of the molecule is CC(CC1CC1)Nc1nc(C(N)C(=O)O)cs1. The van der Waals surface area contributed by atoms with Crippen molar-refractivity contribution in [2.24, 2.45) is 11.7 Å². The van der Waals surface area contributed by atoms with Gasteiger partial charge in [0.2, 0.25) is 0 Å². The predicted octanol–water partition coefficient (Wildman–Crippen LogP) is 1.83. The van der Waals surface area contributed by atoms with Crippen LogP contribution < -0.4 is 11.1 Å². The Kier molecular flexibility index (Phi) is 3.63. The number of hydrogen-bond acceptors (Lipinski definition) is 5. The number of nitrogens with two attached hydrogens (primary N) is 1. The first-order chi connectivity index (χ1) is 8.06. The molecule has 5 nitrogen and oxygen atoms in total. The summed E-state index contributed by atoms with van der Waals surface area (Å²) in [6.45, 7) is 2.12. The van der Waals surface area contributed by atoms with Crippen LogP contribution in [0.1, 0.15) is 37.9 Å². The molecule has 0 radical (unpaired) electrons. The zero-order valence-electron chi connectivity index (χ0n) is 9.72. The second-order valence-corrected chi connectivity index (χ2v) is 5.48. The van der Waals surface area contributed by atoms with Gasteiger partial charge in [0, 0.05) is 11.4 Å². The van der Waals surface area contributed by atoms with Crippen LogP contribution in [0.5, 0.6) is 0 Å². The van der Waals surface area contributed by atoms with Gasteiger partial charge in [0.25, 0.3) is 0 Å². The first kappa shape index (κ1) is 12.3. The molecule has 0 bridgehead atoms. The Morgan fingerprint density at radius 2 is 2.47 bits per heavy atom. The summed E-state index contributed by atoms with van der Waals surface area (Å²) in [6, 6.07) is -0.650. The van der Waals surface area contributed by atoms with Gasteiger partial charge in [-0.05, 0) is 19.3 Å². The van der Waals surface area contributed by atoms with E-state index in [0.717, 1.165) is 17.5 Å². The van der Waals surface area contributed by atoms with Gasteiger partial charge in [0.15, 0.2) is 5.13 Å². The van der Waals surface area contributed by atoms with Crippen LogP contribution in [0.15, 0.2) is 5.38 Å². The summed E-state index contributed by atoms with van der Waals surface area (Å²) in [5.74, 6) is -0.189. The Bertz CT molecular complexity index is 403. The van der Waals surface area contributed by atoms with E-state index >= 15 is 0 Å². The highest BCUT2D eigenvalue weighted by atomic mass is 32.1. The molecule has 4 N–H and O–H groups in total. The standard InChI is InChI=1S/C11H17N3O2S/c1-6(4-7-2-3-7)13-11-14-8(5-17-11)9(12)10(15)16/h5-7,9H,2-4,12H2,1H3,(H,13,14)(H,15,16). The number of nitrogens with zero attached hydrogens (tertiary/aromatic N) is 1. The lowest BCUT2D eigenvalue weighted by Gasteiger charge is -2.11. The summed E-state index contributed by atoms with van der Waals surface area (Å²) < 4.78 is 0. The van der Waals surface area contributed by atoms with Crippen molar-refractivity contribution in [3.63, 3.8) is 0 Å². The van der Waals surface area contributed by atoms with Crippen LogP contribution in [-0.2, 0) is 4.79 Å². The smallest absolute Gasteiger partial charge is 0.326 e. The molecule has 1 saturated carbocycles. The normalized spacial score (nSPS) is 18.7. The monoisotopic (exact) mass is 255 g/mol. The van der Waals surface area contributed by atoms with Gasteiger partial charge in [-0.2, -0.15) is 0 Å². The summed E-state index contributed by atoms with van der Waals surface area (Å²) in [7, 11) is 0. The average molecular weight is 255 g/mol. The molecule has 1 fully saturated rings. The molecule has 1 aliphatic carbocycles. The molecule has 0 amide bonds. The van der Waals surface area contributed by atoms with Gasteiger partial charge in [0.05, 0.1) is 5.69 Å². The van der Waals surface area contributed by atoms with Crippen LogP contribution >= 0.6 is 11.3 Å². The molecule has 6 heteroatoms. The van der Waals surface area contributed by atoms with E-state index in [-0.39, 0.29) is 0 Å². The lowest BCUT2D eigenvalue weighted by Crippen LogP contribution is -2.21. The van der Waals surface area contributed by atoms with E-state index in [4.69, 9.17) is 10.8 Å². The second kappa shape index (κ2) is 5.01. The quantitative estimate of drug-likeness (QED) is 0.721. The molecule has 2 unspecified atom stereocenters. The Labute approximate surface area is 104 Å². The van der Waals surface area contributed by atoms with Crippen LogP contribution in [0.2, 0.25) is 0 Å². The number of nitrogens with one attached hydrogen (secondary N) is 1. The summed E-state index contributed by atoms with van der Waals surface area (Å²) in [5, 5.41) is 14.5. The third-order valence-corrected chi connectivity index (χ3v) is 3.65. The molecular formula is C11H17N3O2S. The fraction of sp³-hybridized carbons (Fsp3) is 0.636. The molecule has 1 aromatic rings. The molecule has 94 valence electrons. The number of rotatable bonds is 6. The van der Waals surface area contributed by atoms with Crippen molar-refractivity contribution in [2.75, 3.05) is 5.32 Å². The Hall–Kier alpha value is -1.14. The lowest BCUT2D eigenvalue weighted by molar-refractivity contribution is -0.138. The number of aromatic nitrogens is 1. The zero-order valence-corrected chi connectivity index (χ0v) is 10.5. The largest absolute Gasteiger partial charge is 0.480 e. The molecular weight excluding hydrogens is 238 g/mol. The van der Waals surface area contributed by atoms with E-state index in [9.17, 15) is 4.79 Å². The van der Waals surface area contributed by atoms with Crippen LogP contribution in [0, 0.1) is 5.92 Å². The highest BCUT2D eigenvalue weighted by Crippen LogP contribution is 2.34. The minimum atomic E-state index is -1.05. The first-order valence-electron chi connectivity index (χ1n) is 5.76. The summed E-state index contributed by atoms with van der Waals surface area (Å²) in [6.07, 6.45) is 3.82. The summed E-state index contributed by atoms with van der Waals surface area (Å²) in [4.78, 5) is 14.9. The van der Waals surface area contributed by atoms with E-state index in [0.29, 0.717) is 11.7 Å². The van der Waals surface area contributed by atoms with Gasteiger partial charge in [-0.3, -0.25) is 4.79 Å². The molecule has 1 aliphatic rings. The van der Waals surface area contributed by atoms with Crippen molar-refractivity contribution in [1.82, 2.24) is 4.98 Å². The number of thiazole rings is 1. The molecule has 17 heavy (non-hydrogen) atoms. The Morgan fingerprint density at radius 1 is 1.76 bits per heavy atom. The van der Waals surface area contributed by atoms with E-state index in [1.165, 1.54) is 24.2 Å². The molecule has 1 aromatic heterocycles. The van der Waals surface area contributed by atoms with Gasteiger partial charge in [-0.15, -0.1) is 11.3 Å². The van der Waals surface area contributed by atoms with Crippen LogP contribution in [-0.4, -0.2) is 22.1 Å². The minimum absolute atomic E-state index is 0.377. The Morgan fingerprint density at radius 3 is 3.06 bits per heavy atom. The van der Waals surface area contributed by atoms with E-state index < -0.39 is 12.0 Å². The van der Waals surface area contributed by atoms with Crippen molar-refractivity contribution in [3.05, 3.63) is 11.1 Å². The minimum Gasteiger partial charge on any atom is -0.480 e. The first-order valence-corrected chi connectivity index (χ1v) is 6.64. The fourth-order valence-electron chi connectivity index (χ4n) is 1.75. The number of carboxylic acids is 1. The van der Waals surface area contributed by atoms with Crippen LogP contribution in [0.4, 0.5) is 5.13 Å². The van der Waals surface area contributed by atoms with E-state index in [1.807, 2.05) is 0 Å². The maximum Gasteiger partial charge on any atom is 0.326 e. The number of hydrogen-bond donors (Lipinski definition) is 3. The van der Waals surface area contributed by atoms with Gasteiger partial charge in [-0.1, -0.05) is 12.8 Å². The molecule has 0 spiro atoms. The third-order valence-electron chi connectivity index (χ3n) is 2.86. The molecule has 2 atom stereocenters. The second-order valence-electron chi connectivity index (χ2n) is 4.62. The third kappa shape index (κ3) is 3.41. The van der Waals surface area contributed by atoms with Gasteiger partial charge >= 0.3 is 5.97 Å². The van der Waals surface area contributed by atoms with Crippen molar-refractivity contribution in [3.8, 4) is 0 Å². The van der Waals surface area contributed by atoms with Gasteiger partial charge in [-0.25, -0.2) is 4.98 Å². The topological polar surface area (TPSA) is 88.2 Å². The van der Waals surface area contributed by atoms with Crippen molar-refractivity contribution in [2.45, 2.75) is 38.3 Å². The van der Waals surface area contributed by atoms with Gasteiger partial charge < -0.3 is 16.2 Å². The number of carboxylic acid groups (broad SMARTS) is 1. The number of anilines is 1. The molecule has 0 saturated heterocycles. The van der Waals surface area contributed by atoms with Crippen molar-refractivity contribution >= 4 is 22.4 Å². The van der Waals surface area contributed by atoms with Gasteiger partial charge in [0.1, 0.15) is 6.04 Å². The number of carbonyl (C=O) groups is 1. The molecule has 0 aliphatic heterocycles. The summed E-state index contributed by atoms with van der Waals surface area (Å²) in [5.41, 5.74) is 5.91. The number of aliphatic carboxylic acids is 1. The average Bonchev–Trinajstić information content (AvgIpc) is 2.94. The van der Waals surface area contributed by atoms with E-state index in [1.54, 1.807) is 5.38 Å². The molecule has 2 rings (SSSR count). The lowest BCUT2D eigenvalue weighted by atomic mass is 10.2. The Balaban J connectivity index is 1.90. The van der Waals surface area contributed by atoms with Crippen LogP contribution in [0.3, 0.4) is 0 Å².